The van der Waals surface area contributed by atoms with Gasteiger partial charge in [-0.3, -0.25) is 0 Å². The highest BCUT2D eigenvalue weighted by Crippen LogP contribution is 2.30. The first-order chi connectivity index (χ1) is 9.43. The Balaban J connectivity index is 2.45. The molecule has 0 bridgehead atoms. The van der Waals surface area contributed by atoms with Crippen molar-refractivity contribution in [2.45, 2.75) is 46.1 Å². The highest BCUT2D eigenvalue weighted by molar-refractivity contribution is 4.87. The Morgan fingerprint density at radius 3 is 2.45 bits per heavy atom. The van der Waals surface area contributed by atoms with Gasteiger partial charge in [0.25, 0.3) is 0 Å². The SMILES string of the molecule is CC(C)CNCC1(CN(C)CCC(C)O)CCOCC1. The first-order valence-electron chi connectivity index (χ1n) is 8.09. The molecule has 0 spiro atoms. The number of rotatable bonds is 9. The van der Waals surface area contributed by atoms with E-state index in [4.69, 9.17) is 4.74 Å². The molecule has 1 unspecified atom stereocenters. The van der Waals surface area contributed by atoms with Gasteiger partial charge in [-0.25, -0.2) is 0 Å². The number of hydrogen-bond acceptors (Lipinski definition) is 4. The molecule has 0 aromatic heterocycles. The van der Waals surface area contributed by atoms with Crippen LogP contribution in [0.15, 0.2) is 0 Å². The molecule has 0 radical (unpaired) electrons. The molecule has 0 saturated carbocycles. The van der Waals surface area contributed by atoms with Crippen molar-refractivity contribution < 1.29 is 9.84 Å². The second-order valence-electron chi connectivity index (χ2n) is 7.01. The molecule has 1 atom stereocenters. The summed E-state index contributed by atoms with van der Waals surface area (Å²) in [6.45, 7) is 12.3. The summed E-state index contributed by atoms with van der Waals surface area (Å²) >= 11 is 0. The molecule has 1 aliphatic rings. The summed E-state index contributed by atoms with van der Waals surface area (Å²) in [7, 11) is 2.17. The van der Waals surface area contributed by atoms with Crippen molar-refractivity contribution in [1.82, 2.24) is 10.2 Å². The average Bonchev–Trinajstić information content (AvgIpc) is 2.37. The molecule has 4 nitrogen and oxygen atoms in total. The van der Waals surface area contributed by atoms with Gasteiger partial charge < -0.3 is 20.1 Å². The lowest BCUT2D eigenvalue weighted by Gasteiger charge is -2.40. The third-order valence-corrected chi connectivity index (χ3v) is 4.14. The van der Waals surface area contributed by atoms with E-state index in [1.807, 2.05) is 6.92 Å². The van der Waals surface area contributed by atoms with Gasteiger partial charge >= 0.3 is 0 Å². The van der Waals surface area contributed by atoms with Crippen molar-refractivity contribution in [1.29, 1.82) is 0 Å². The number of ether oxygens (including phenoxy) is 1. The van der Waals surface area contributed by atoms with Gasteiger partial charge in [0.1, 0.15) is 0 Å². The lowest BCUT2D eigenvalue weighted by Crippen LogP contribution is -2.47. The maximum atomic E-state index is 9.41. The van der Waals surface area contributed by atoms with Crippen LogP contribution in [0.2, 0.25) is 0 Å². The zero-order valence-corrected chi connectivity index (χ0v) is 13.8. The van der Waals surface area contributed by atoms with E-state index in [1.54, 1.807) is 0 Å². The number of hydrogen-bond donors (Lipinski definition) is 2. The van der Waals surface area contributed by atoms with Gasteiger partial charge in [-0.15, -0.1) is 0 Å². The van der Waals surface area contributed by atoms with Crippen molar-refractivity contribution in [2.75, 3.05) is 46.4 Å². The summed E-state index contributed by atoms with van der Waals surface area (Å²) in [5.41, 5.74) is 0.334. The zero-order valence-electron chi connectivity index (χ0n) is 13.8. The summed E-state index contributed by atoms with van der Waals surface area (Å²) in [5.74, 6) is 0.694. The van der Waals surface area contributed by atoms with Crippen LogP contribution in [0.5, 0.6) is 0 Å². The summed E-state index contributed by atoms with van der Waals surface area (Å²) in [4.78, 5) is 2.37. The van der Waals surface area contributed by atoms with Crippen molar-refractivity contribution in [3.63, 3.8) is 0 Å². The highest BCUT2D eigenvalue weighted by Gasteiger charge is 2.33. The average molecular weight is 286 g/mol. The van der Waals surface area contributed by atoms with Gasteiger partial charge in [0.2, 0.25) is 0 Å². The minimum absolute atomic E-state index is 0.206. The van der Waals surface area contributed by atoms with Crippen LogP contribution in [0.25, 0.3) is 0 Å². The van der Waals surface area contributed by atoms with E-state index in [-0.39, 0.29) is 6.10 Å². The van der Waals surface area contributed by atoms with Crippen molar-refractivity contribution >= 4 is 0 Å². The third-order valence-electron chi connectivity index (χ3n) is 4.14. The minimum atomic E-state index is -0.206. The molecular weight excluding hydrogens is 252 g/mol. The Morgan fingerprint density at radius 2 is 1.90 bits per heavy atom. The lowest BCUT2D eigenvalue weighted by atomic mass is 9.79. The van der Waals surface area contributed by atoms with E-state index < -0.39 is 0 Å². The van der Waals surface area contributed by atoms with E-state index >= 15 is 0 Å². The molecule has 1 aliphatic heterocycles. The molecule has 0 aromatic rings. The van der Waals surface area contributed by atoms with Gasteiger partial charge in [-0.05, 0) is 51.1 Å². The Hall–Kier alpha value is -0.160. The van der Waals surface area contributed by atoms with Crippen LogP contribution >= 0.6 is 0 Å². The third kappa shape index (κ3) is 7.02. The van der Waals surface area contributed by atoms with Crippen molar-refractivity contribution in [3.8, 4) is 0 Å². The van der Waals surface area contributed by atoms with Crippen LogP contribution in [-0.2, 0) is 4.74 Å². The second-order valence-corrected chi connectivity index (χ2v) is 7.01. The fraction of sp³-hybridized carbons (Fsp3) is 1.00. The fourth-order valence-corrected chi connectivity index (χ4v) is 2.88. The van der Waals surface area contributed by atoms with Crippen molar-refractivity contribution in [2.24, 2.45) is 11.3 Å². The van der Waals surface area contributed by atoms with E-state index in [2.05, 4.69) is 31.1 Å². The van der Waals surface area contributed by atoms with E-state index in [9.17, 15) is 5.11 Å². The predicted octanol–water partition coefficient (Wildman–Crippen LogP) is 1.73. The van der Waals surface area contributed by atoms with Gasteiger partial charge in [0.15, 0.2) is 0 Å². The van der Waals surface area contributed by atoms with Gasteiger partial charge in [0.05, 0.1) is 6.10 Å². The van der Waals surface area contributed by atoms with Crippen molar-refractivity contribution in [3.05, 3.63) is 0 Å². The molecule has 2 N–H and O–H groups in total. The van der Waals surface area contributed by atoms with E-state index in [0.717, 1.165) is 58.7 Å². The fourth-order valence-electron chi connectivity index (χ4n) is 2.88. The first kappa shape index (κ1) is 17.9. The van der Waals surface area contributed by atoms with Gasteiger partial charge in [-0.1, -0.05) is 13.8 Å². The smallest absolute Gasteiger partial charge is 0.0524 e. The van der Waals surface area contributed by atoms with Crippen LogP contribution in [0.3, 0.4) is 0 Å². The van der Waals surface area contributed by atoms with Crippen LogP contribution in [-0.4, -0.2) is 62.6 Å². The predicted molar refractivity (Wildman–Crippen MR) is 84.0 cm³/mol. The molecule has 1 fully saturated rings. The van der Waals surface area contributed by atoms with Crippen LogP contribution in [0.1, 0.15) is 40.0 Å². The normalized spacial score (nSPS) is 20.6. The molecule has 20 heavy (non-hydrogen) atoms. The van der Waals surface area contributed by atoms with Gasteiger partial charge in [-0.2, -0.15) is 0 Å². The molecule has 1 heterocycles. The Labute approximate surface area is 124 Å². The summed E-state index contributed by atoms with van der Waals surface area (Å²) in [6.07, 6.45) is 2.92. The molecule has 0 aromatic carbocycles. The molecule has 120 valence electrons. The Bertz CT molecular complexity index is 251. The maximum Gasteiger partial charge on any atom is 0.0524 e. The molecule has 1 saturated heterocycles. The Morgan fingerprint density at radius 1 is 1.25 bits per heavy atom. The summed E-state index contributed by atoms with van der Waals surface area (Å²) in [5, 5.41) is 13.0. The van der Waals surface area contributed by atoms with E-state index in [1.165, 1.54) is 0 Å². The second kappa shape index (κ2) is 8.98. The molecule has 0 aliphatic carbocycles. The molecule has 1 rings (SSSR count). The zero-order chi connectivity index (χ0) is 15.0. The Kier molecular flexibility index (Phi) is 8.03. The van der Waals surface area contributed by atoms with Crippen LogP contribution in [0.4, 0.5) is 0 Å². The lowest BCUT2D eigenvalue weighted by molar-refractivity contribution is -0.00221. The first-order valence-corrected chi connectivity index (χ1v) is 8.09. The highest BCUT2D eigenvalue weighted by atomic mass is 16.5. The topological polar surface area (TPSA) is 44.7 Å². The molecule has 4 heteroatoms. The largest absolute Gasteiger partial charge is 0.393 e. The summed E-state index contributed by atoms with van der Waals surface area (Å²) in [6, 6.07) is 0. The number of aliphatic hydroxyl groups is 1. The van der Waals surface area contributed by atoms with Crippen LogP contribution in [0, 0.1) is 11.3 Å². The summed E-state index contributed by atoms with van der Waals surface area (Å²) < 4.78 is 5.55. The minimum Gasteiger partial charge on any atom is -0.393 e. The molecule has 0 amide bonds. The monoisotopic (exact) mass is 286 g/mol. The van der Waals surface area contributed by atoms with Crippen LogP contribution < -0.4 is 5.32 Å². The maximum absolute atomic E-state index is 9.41. The van der Waals surface area contributed by atoms with E-state index in [0.29, 0.717) is 11.3 Å². The quantitative estimate of drug-likeness (QED) is 0.677. The number of nitrogens with one attached hydrogen (secondary N) is 1. The molecular formula is C16H34N2O2. The van der Waals surface area contributed by atoms with Gasteiger partial charge in [0, 0.05) is 32.8 Å². The number of nitrogens with zero attached hydrogens (tertiary/aromatic N) is 1. The number of aliphatic hydroxyl groups excluding tert-OH is 1. The standard InChI is InChI=1S/C16H34N2O2/c1-14(2)11-17-12-16(6-9-20-10-7-16)13-18(4)8-5-15(3)19/h14-15,17,19H,5-13H2,1-4H3.